The molecule has 1 amide bonds. The van der Waals surface area contributed by atoms with Gasteiger partial charge >= 0.3 is 5.76 Å². The summed E-state index contributed by atoms with van der Waals surface area (Å²) in [6.45, 7) is 5.83. The Labute approximate surface area is 202 Å². The standard InChI is InChI=1S/C23H27ClN4O5S/c1-15(2)21(22(29)28-12-10-27(11-13-28)17-6-4-16(24)5-7-17)25-34(31,32)18-8-9-19-20(14-18)33-23(30)26(19)3/h4-9,14-15,21,25H,10-13H2,1-3H3/t21-/m1/s1. The van der Waals surface area contributed by atoms with Crippen molar-refractivity contribution < 1.29 is 17.6 Å². The fourth-order valence-electron chi connectivity index (χ4n) is 4.02. The highest BCUT2D eigenvalue weighted by Gasteiger charge is 2.33. The van der Waals surface area contributed by atoms with Gasteiger partial charge in [-0.05, 0) is 42.3 Å². The maximum Gasteiger partial charge on any atom is 0.419 e. The van der Waals surface area contributed by atoms with Crippen LogP contribution in [0.2, 0.25) is 5.02 Å². The highest BCUT2D eigenvalue weighted by molar-refractivity contribution is 7.89. The summed E-state index contributed by atoms with van der Waals surface area (Å²) in [6, 6.07) is 10.8. The molecule has 1 N–H and O–H groups in total. The molecule has 0 spiro atoms. The fraction of sp³-hybridized carbons (Fsp3) is 0.391. The molecule has 0 saturated carbocycles. The number of anilines is 1. The van der Waals surface area contributed by atoms with Gasteiger partial charge in [0.25, 0.3) is 0 Å². The van der Waals surface area contributed by atoms with E-state index in [4.69, 9.17) is 16.0 Å². The van der Waals surface area contributed by atoms with Gasteiger partial charge in [0.1, 0.15) is 6.04 Å². The number of nitrogens with one attached hydrogen (secondary N) is 1. The molecule has 34 heavy (non-hydrogen) atoms. The number of amides is 1. The lowest BCUT2D eigenvalue weighted by Crippen LogP contribution is -2.56. The number of carbonyl (C=O) groups is 1. The Hall–Kier alpha value is -2.82. The maximum absolute atomic E-state index is 13.3. The molecule has 1 saturated heterocycles. The molecule has 1 atom stereocenters. The van der Waals surface area contributed by atoms with Gasteiger partial charge in [-0.1, -0.05) is 25.4 Å². The SMILES string of the molecule is CC(C)[C@@H](NS(=O)(=O)c1ccc2c(c1)oc(=O)n2C)C(=O)N1CCN(c2ccc(Cl)cc2)CC1. The van der Waals surface area contributed by atoms with E-state index in [9.17, 15) is 18.0 Å². The number of rotatable bonds is 6. The molecular weight excluding hydrogens is 480 g/mol. The number of fused-ring (bicyclic) bond motifs is 1. The van der Waals surface area contributed by atoms with Crippen LogP contribution >= 0.6 is 11.6 Å². The van der Waals surface area contributed by atoms with Crippen molar-refractivity contribution in [1.29, 1.82) is 0 Å². The topological polar surface area (TPSA) is 105 Å². The first-order chi connectivity index (χ1) is 16.1. The highest BCUT2D eigenvalue weighted by Crippen LogP contribution is 2.22. The number of sulfonamides is 1. The highest BCUT2D eigenvalue weighted by atomic mass is 35.5. The molecule has 9 nitrogen and oxygen atoms in total. The minimum absolute atomic E-state index is 0.0691. The molecule has 3 aromatic rings. The molecule has 1 fully saturated rings. The van der Waals surface area contributed by atoms with Crippen LogP contribution in [0.1, 0.15) is 13.8 Å². The Balaban J connectivity index is 1.48. The molecule has 1 aliphatic rings. The quantitative estimate of drug-likeness (QED) is 0.550. The smallest absolute Gasteiger partial charge is 0.408 e. The Morgan fingerprint density at radius 1 is 1.06 bits per heavy atom. The van der Waals surface area contributed by atoms with E-state index >= 15 is 0 Å². The van der Waals surface area contributed by atoms with Crippen LogP contribution < -0.4 is 15.4 Å². The Morgan fingerprint density at radius 2 is 1.71 bits per heavy atom. The number of piperazine rings is 1. The van der Waals surface area contributed by atoms with Crippen LogP contribution in [-0.4, -0.2) is 56.0 Å². The first kappa shape index (κ1) is 24.3. The van der Waals surface area contributed by atoms with Crippen LogP contribution in [0.25, 0.3) is 11.1 Å². The van der Waals surface area contributed by atoms with Gasteiger partial charge in [-0.25, -0.2) is 13.2 Å². The zero-order valence-electron chi connectivity index (χ0n) is 19.2. The van der Waals surface area contributed by atoms with E-state index in [1.54, 1.807) is 25.8 Å². The Bertz CT molecular complexity index is 1360. The lowest BCUT2D eigenvalue weighted by Gasteiger charge is -2.38. The molecule has 0 bridgehead atoms. The summed E-state index contributed by atoms with van der Waals surface area (Å²) in [5.41, 5.74) is 1.68. The van der Waals surface area contributed by atoms with Crippen molar-refractivity contribution >= 4 is 44.3 Å². The van der Waals surface area contributed by atoms with Gasteiger partial charge < -0.3 is 14.2 Å². The monoisotopic (exact) mass is 506 g/mol. The largest absolute Gasteiger partial charge is 0.419 e. The molecule has 182 valence electrons. The van der Waals surface area contributed by atoms with Crippen LogP contribution in [-0.2, 0) is 21.9 Å². The summed E-state index contributed by atoms with van der Waals surface area (Å²) < 4.78 is 35.2. The minimum Gasteiger partial charge on any atom is -0.408 e. The molecule has 11 heteroatoms. The second kappa shape index (κ2) is 9.44. The van der Waals surface area contributed by atoms with Gasteiger partial charge in [-0.3, -0.25) is 9.36 Å². The van der Waals surface area contributed by atoms with Gasteiger partial charge in [-0.15, -0.1) is 0 Å². The van der Waals surface area contributed by atoms with Crippen LogP contribution in [0.15, 0.2) is 56.6 Å². The minimum atomic E-state index is -4.03. The van der Waals surface area contributed by atoms with Crippen LogP contribution in [0.4, 0.5) is 5.69 Å². The van der Waals surface area contributed by atoms with Gasteiger partial charge in [0.2, 0.25) is 15.9 Å². The lowest BCUT2D eigenvalue weighted by molar-refractivity contribution is -0.134. The first-order valence-electron chi connectivity index (χ1n) is 11.0. The molecular formula is C23H27ClN4O5S. The number of hydrogen-bond donors (Lipinski definition) is 1. The Kier molecular flexibility index (Phi) is 6.75. The zero-order chi connectivity index (χ0) is 24.6. The van der Waals surface area contributed by atoms with E-state index in [0.717, 1.165) is 5.69 Å². The maximum atomic E-state index is 13.3. The van der Waals surface area contributed by atoms with E-state index in [1.807, 2.05) is 24.3 Å². The summed E-state index contributed by atoms with van der Waals surface area (Å²) in [6.07, 6.45) is 0. The van der Waals surface area contributed by atoms with Crippen LogP contribution in [0, 0.1) is 5.92 Å². The first-order valence-corrected chi connectivity index (χ1v) is 12.8. The number of carbonyl (C=O) groups excluding carboxylic acids is 1. The predicted octanol–water partition coefficient (Wildman–Crippen LogP) is 2.44. The zero-order valence-corrected chi connectivity index (χ0v) is 20.8. The molecule has 0 aliphatic carbocycles. The average Bonchev–Trinajstić information content (AvgIpc) is 3.10. The van der Waals surface area contributed by atoms with Crippen molar-refractivity contribution in [3.05, 3.63) is 58.0 Å². The van der Waals surface area contributed by atoms with E-state index in [1.165, 1.54) is 22.8 Å². The summed E-state index contributed by atoms with van der Waals surface area (Å²) in [7, 11) is -2.49. The summed E-state index contributed by atoms with van der Waals surface area (Å²) in [5.74, 6) is -1.11. The van der Waals surface area contributed by atoms with Crippen molar-refractivity contribution in [3.8, 4) is 0 Å². The number of aryl methyl sites for hydroxylation is 1. The number of aromatic nitrogens is 1. The van der Waals surface area contributed by atoms with Gasteiger partial charge in [0, 0.05) is 50.0 Å². The predicted molar refractivity (Wildman–Crippen MR) is 131 cm³/mol. The summed E-state index contributed by atoms with van der Waals surface area (Å²) in [5, 5.41) is 0.665. The van der Waals surface area contributed by atoms with Gasteiger partial charge in [0.15, 0.2) is 5.58 Å². The third-order valence-electron chi connectivity index (χ3n) is 6.07. The second-order valence-electron chi connectivity index (χ2n) is 8.69. The van der Waals surface area contributed by atoms with Crippen molar-refractivity contribution in [3.63, 3.8) is 0 Å². The number of halogens is 1. The van der Waals surface area contributed by atoms with Crippen molar-refractivity contribution in [2.24, 2.45) is 13.0 Å². The van der Waals surface area contributed by atoms with Crippen LogP contribution in [0.5, 0.6) is 0 Å². The molecule has 2 heterocycles. The van der Waals surface area contributed by atoms with E-state index in [0.29, 0.717) is 36.7 Å². The third-order valence-corrected chi connectivity index (χ3v) is 7.76. The van der Waals surface area contributed by atoms with Crippen LogP contribution in [0.3, 0.4) is 0 Å². The normalized spacial score (nSPS) is 15.8. The van der Waals surface area contributed by atoms with Crippen molar-refractivity contribution in [2.75, 3.05) is 31.1 Å². The van der Waals surface area contributed by atoms with Crippen molar-refractivity contribution in [2.45, 2.75) is 24.8 Å². The number of nitrogens with zero attached hydrogens (tertiary/aromatic N) is 3. The number of hydrogen-bond acceptors (Lipinski definition) is 6. The van der Waals surface area contributed by atoms with Gasteiger partial charge in [-0.2, -0.15) is 4.72 Å². The average molecular weight is 507 g/mol. The molecule has 0 unspecified atom stereocenters. The molecule has 1 aromatic heterocycles. The number of benzene rings is 2. The fourth-order valence-corrected chi connectivity index (χ4v) is 5.50. The van der Waals surface area contributed by atoms with E-state index < -0.39 is 21.8 Å². The molecule has 4 rings (SSSR count). The number of oxazole rings is 1. The van der Waals surface area contributed by atoms with E-state index in [-0.39, 0.29) is 22.3 Å². The summed E-state index contributed by atoms with van der Waals surface area (Å²) in [4.78, 5) is 28.8. The van der Waals surface area contributed by atoms with Crippen molar-refractivity contribution in [1.82, 2.24) is 14.2 Å². The second-order valence-corrected chi connectivity index (χ2v) is 10.8. The Morgan fingerprint density at radius 3 is 2.32 bits per heavy atom. The molecule has 0 radical (unpaired) electrons. The summed E-state index contributed by atoms with van der Waals surface area (Å²) >= 11 is 5.97. The molecule has 1 aliphatic heterocycles. The molecule has 2 aromatic carbocycles. The van der Waals surface area contributed by atoms with Gasteiger partial charge in [0.05, 0.1) is 10.4 Å². The lowest BCUT2D eigenvalue weighted by atomic mass is 10.0. The van der Waals surface area contributed by atoms with E-state index in [2.05, 4.69) is 9.62 Å². The third kappa shape index (κ3) is 4.84.